The molecule has 2 rings (SSSR count). The average Bonchev–Trinajstić information content (AvgIpc) is 2.52. The van der Waals surface area contributed by atoms with Gasteiger partial charge in [0.25, 0.3) is 0 Å². The highest BCUT2D eigenvalue weighted by molar-refractivity contribution is 9.10. The molecule has 2 aromatic rings. The van der Waals surface area contributed by atoms with Crippen molar-refractivity contribution in [1.29, 1.82) is 0 Å². The van der Waals surface area contributed by atoms with Crippen molar-refractivity contribution in [2.24, 2.45) is 0 Å². The zero-order valence-corrected chi connectivity index (χ0v) is 10.1. The molecule has 0 fully saturated rings. The van der Waals surface area contributed by atoms with Gasteiger partial charge in [-0.25, -0.2) is 4.68 Å². The van der Waals surface area contributed by atoms with Crippen molar-refractivity contribution in [3.05, 3.63) is 33.9 Å². The van der Waals surface area contributed by atoms with Crippen molar-refractivity contribution in [2.75, 3.05) is 5.73 Å². The highest BCUT2D eigenvalue weighted by Crippen LogP contribution is 2.21. The zero-order chi connectivity index (χ0) is 11.0. The second-order valence-electron chi connectivity index (χ2n) is 3.40. The minimum atomic E-state index is 0.467. The molecule has 2 N–H and O–H groups in total. The lowest BCUT2D eigenvalue weighted by molar-refractivity contribution is 0.780. The maximum absolute atomic E-state index is 5.66. The van der Waals surface area contributed by atoms with E-state index in [4.69, 9.17) is 5.73 Å². The van der Waals surface area contributed by atoms with E-state index in [0.29, 0.717) is 5.82 Å². The van der Waals surface area contributed by atoms with Gasteiger partial charge in [-0.1, -0.05) is 27.2 Å². The van der Waals surface area contributed by atoms with Gasteiger partial charge in [-0.2, -0.15) is 0 Å². The van der Waals surface area contributed by atoms with Crippen LogP contribution in [0.4, 0.5) is 5.82 Å². The molecule has 0 amide bonds. The maximum Gasteiger partial charge on any atom is 0.169 e. The number of anilines is 1. The van der Waals surface area contributed by atoms with Crippen LogP contribution in [0.15, 0.2) is 22.7 Å². The number of hydrogen-bond donors (Lipinski definition) is 1. The molecule has 0 aliphatic rings. The molecule has 0 saturated heterocycles. The van der Waals surface area contributed by atoms with Gasteiger partial charge in [0.2, 0.25) is 0 Å². The molecule has 1 aromatic heterocycles. The largest absolute Gasteiger partial charge is 0.381 e. The van der Waals surface area contributed by atoms with Crippen LogP contribution in [-0.2, 0) is 0 Å². The van der Waals surface area contributed by atoms with Gasteiger partial charge < -0.3 is 5.73 Å². The van der Waals surface area contributed by atoms with Crippen LogP contribution in [0.5, 0.6) is 0 Å². The lowest BCUT2D eigenvalue weighted by Gasteiger charge is -2.07. The standard InChI is InChI=1S/C10H11BrN4/c1-6-3-4-8(11)5-9(6)15-7(2)10(12)13-14-15/h3-5H,12H2,1-2H3. The van der Waals surface area contributed by atoms with Crippen LogP contribution in [0.2, 0.25) is 0 Å². The van der Waals surface area contributed by atoms with E-state index in [1.54, 1.807) is 4.68 Å². The zero-order valence-electron chi connectivity index (χ0n) is 8.53. The summed E-state index contributed by atoms with van der Waals surface area (Å²) in [6, 6.07) is 6.02. The van der Waals surface area contributed by atoms with Crippen molar-refractivity contribution < 1.29 is 0 Å². The molecule has 1 heterocycles. The molecule has 4 nitrogen and oxygen atoms in total. The molecule has 15 heavy (non-hydrogen) atoms. The SMILES string of the molecule is Cc1ccc(Br)cc1-n1nnc(N)c1C. The molecular weight excluding hydrogens is 256 g/mol. The van der Waals surface area contributed by atoms with Crippen molar-refractivity contribution in [3.63, 3.8) is 0 Å². The summed E-state index contributed by atoms with van der Waals surface area (Å²) in [6.07, 6.45) is 0. The smallest absolute Gasteiger partial charge is 0.169 e. The van der Waals surface area contributed by atoms with E-state index < -0.39 is 0 Å². The first-order chi connectivity index (χ1) is 7.09. The van der Waals surface area contributed by atoms with Gasteiger partial charge in [-0.3, -0.25) is 0 Å². The summed E-state index contributed by atoms with van der Waals surface area (Å²) in [6.45, 7) is 3.93. The fraction of sp³-hybridized carbons (Fsp3) is 0.200. The van der Waals surface area contributed by atoms with Gasteiger partial charge in [0.1, 0.15) is 0 Å². The van der Waals surface area contributed by atoms with E-state index in [1.807, 2.05) is 32.0 Å². The number of nitrogen functional groups attached to an aromatic ring is 1. The Morgan fingerprint density at radius 2 is 2.07 bits per heavy atom. The Hall–Kier alpha value is -1.36. The van der Waals surface area contributed by atoms with Crippen LogP contribution < -0.4 is 5.73 Å². The Morgan fingerprint density at radius 1 is 1.33 bits per heavy atom. The third-order valence-corrected chi connectivity index (χ3v) is 2.82. The number of aromatic nitrogens is 3. The second-order valence-corrected chi connectivity index (χ2v) is 4.32. The lowest BCUT2D eigenvalue weighted by atomic mass is 10.2. The topological polar surface area (TPSA) is 56.7 Å². The summed E-state index contributed by atoms with van der Waals surface area (Å²) in [4.78, 5) is 0. The molecule has 78 valence electrons. The predicted molar refractivity (Wildman–Crippen MR) is 62.9 cm³/mol. The van der Waals surface area contributed by atoms with Gasteiger partial charge in [0.15, 0.2) is 5.82 Å². The molecule has 0 atom stereocenters. The molecule has 5 heteroatoms. The van der Waals surface area contributed by atoms with Crippen molar-refractivity contribution in [1.82, 2.24) is 15.0 Å². The monoisotopic (exact) mass is 266 g/mol. The average molecular weight is 267 g/mol. The Balaban J connectivity index is 2.63. The minimum absolute atomic E-state index is 0.467. The fourth-order valence-electron chi connectivity index (χ4n) is 1.38. The van der Waals surface area contributed by atoms with Crippen molar-refractivity contribution in [2.45, 2.75) is 13.8 Å². The Bertz CT molecular complexity index is 504. The number of rotatable bonds is 1. The van der Waals surface area contributed by atoms with Gasteiger partial charge >= 0.3 is 0 Å². The molecule has 0 unspecified atom stereocenters. The molecule has 1 aromatic carbocycles. The van der Waals surface area contributed by atoms with Gasteiger partial charge in [0.05, 0.1) is 11.4 Å². The van der Waals surface area contributed by atoms with Crippen LogP contribution in [0.3, 0.4) is 0 Å². The Labute approximate surface area is 96.2 Å². The van der Waals surface area contributed by atoms with E-state index in [9.17, 15) is 0 Å². The minimum Gasteiger partial charge on any atom is -0.381 e. The quantitative estimate of drug-likeness (QED) is 0.861. The number of hydrogen-bond acceptors (Lipinski definition) is 3. The van der Waals surface area contributed by atoms with Crippen molar-refractivity contribution in [3.8, 4) is 5.69 Å². The van der Waals surface area contributed by atoms with Crippen LogP contribution >= 0.6 is 15.9 Å². The highest BCUT2D eigenvalue weighted by Gasteiger charge is 2.09. The van der Waals surface area contributed by atoms with Gasteiger partial charge in [-0.15, -0.1) is 5.10 Å². The predicted octanol–water partition coefficient (Wildman–Crippen LogP) is 2.23. The summed E-state index contributed by atoms with van der Waals surface area (Å²) in [5, 5.41) is 7.85. The Morgan fingerprint density at radius 3 is 2.67 bits per heavy atom. The lowest BCUT2D eigenvalue weighted by Crippen LogP contribution is -2.02. The van der Waals surface area contributed by atoms with E-state index in [2.05, 4.69) is 26.2 Å². The third-order valence-electron chi connectivity index (χ3n) is 2.33. The van der Waals surface area contributed by atoms with E-state index in [1.165, 1.54) is 0 Å². The van der Waals surface area contributed by atoms with E-state index in [-0.39, 0.29) is 0 Å². The van der Waals surface area contributed by atoms with Crippen LogP contribution in [0.1, 0.15) is 11.3 Å². The summed E-state index contributed by atoms with van der Waals surface area (Å²) in [5.41, 5.74) is 8.64. The molecule has 0 aliphatic carbocycles. The first-order valence-electron chi connectivity index (χ1n) is 4.54. The summed E-state index contributed by atoms with van der Waals surface area (Å²) in [7, 11) is 0. The molecule has 0 saturated carbocycles. The third kappa shape index (κ3) is 1.74. The molecule has 0 radical (unpaired) electrons. The number of aryl methyl sites for hydroxylation is 1. The first kappa shape index (κ1) is 10.2. The molecule has 0 aliphatic heterocycles. The van der Waals surface area contributed by atoms with Gasteiger partial charge in [-0.05, 0) is 31.5 Å². The van der Waals surface area contributed by atoms with Crippen molar-refractivity contribution >= 4 is 21.7 Å². The number of halogens is 1. The van der Waals surface area contributed by atoms with Gasteiger partial charge in [0, 0.05) is 4.47 Å². The molecular formula is C10H11BrN4. The first-order valence-corrected chi connectivity index (χ1v) is 5.33. The fourth-order valence-corrected chi connectivity index (χ4v) is 1.73. The maximum atomic E-state index is 5.66. The molecule has 0 bridgehead atoms. The summed E-state index contributed by atoms with van der Waals surface area (Å²) < 4.78 is 2.76. The van der Waals surface area contributed by atoms with Crippen LogP contribution in [-0.4, -0.2) is 15.0 Å². The van der Waals surface area contributed by atoms with Crippen LogP contribution in [0.25, 0.3) is 5.69 Å². The highest BCUT2D eigenvalue weighted by atomic mass is 79.9. The van der Waals surface area contributed by atoms with E-state index in [0.717, 1.165) is 21.4 Å². The number of nitrogens with two attached hydrogens (primary N) is 1. The van der Waals surface area contributed by atoms with E-state index >= 15 is 0 Å². The summed E-state index contributed by atoms with van der Waals surface area (Å²) in [5.74, 6) is 0.467. The molecule has 0 spiro atoms. The second kappa shape index (κ2) is 3.66. The number of nitrogens with zero attached hydrogens (tertiary/aromatic N) is 3. The number of benzene rings is 1. The summed E-state index contributed by atoms with van der Waals surface area (Å²) >= 11 is 3.43. The Kier molecular flexibility index (Phi) is 2.48. The van der Waals surface area contributed by atoms with Crippen LogP contribution in [0, 0.1) is 13.8 Å². The normalized spacial score (nSPS) is 10.6.